The van der Waals surface area contributed by atoms with E-state index < -0.39 is 11.7 Å². The number of carbonyl (C=O) groups excluding carboxylic acids is 1. The Kier molecular flexibility index (Phi) is 7.30. The summed E-state index contributed by atoms with van der Waals surface area (Å²) in [6.07, 6.45) is -1.15. The second-order valence-corrected chi connectivity index (χ2v) is 10.2. The maximum atomic E-state index is 13.5. The van der Waals surface area contributed by atoms with E-state index in [1.165, 1.54) is 28.6 Å². The normalized spacial score (nSPS) is 19.8. The van der Waals surface area contributed by atoms with Crippen LogP contribution in [-0.2, 0) is 22.3 Å². The Morgan fingerprint density at radius 2 is 2.11 bits per heavy atom. The third-order valence-corrected chi connectivity index (χ3v) is 7.44. The molecule has 3 heterocycles. The summed E-state index contributed by atoms with van der Waals surface area (Å²) in [4.78, 5) is 19.4. The summed E-state index contributed by atoms with van der Waals surface area (Å²) in [6, 6.07) is 9.35. The molecule has 3 aromatic rings. The van der Waals surface area contributed by atoms with E-state index in [4.69, 9.17) is 16.3 Å². The predicted molar refractivity (Wildman–Crippen MR) is 139 cm³/mol. The summed E-state index contributed by atoms with van der Waals surface area (Å²) >= 11 is 7.14. The number of amides is 1. The molecule has 37 heavy (non-hydrogen) atoms. The largest absolute Gasteiger partial charge is 0.416 e. The third kappa shape index (κ3) is 5.69. The van der Waals surface area contributed by atoms with Crippen molar-refractivity contribution in [3.05, 3.63) is 69.2 Å². The summed E-state index contributed by atoms with van der Waals surface area (Å²) in [5.74, 6) is -0.292. The fraction of sp³-hybridized carbons (Fsp3) is 0.320. The maximum Gasteiger partial charge on any atom is 0.416 e. The number of fused-ring (bicyclic) bond motifs is 1. The van der Waals surface area contributed by atoms with Gasteiger partial charge in [-0.2, -0.15) is 23.3 Å². The number of halogens is 4. The van der Waals surface area contributed by atoms with E-state index in [-0.39, 0.29) is 29.1 Å². The molecule has 0 spiro atoms. The van der Waals surface area contributed by atoms with Crippen molar-refractivity contribution >= 4 is 51.4 Å². The van der Waals surface area contributed by atoms with E-state index in [9.17, 15) is 18.0 Å². The lowest BCUT2D eigenvalue weighted by molar-refractivity contribution is -0.138. The minimum Gasteiger partial charge on any atom is -0.383 e. The molecule has 1 aromatic heterocycles. The van der Waals surface area contributed by atoms with Crippen molar-refractivity contribution in [3.63, 3.8) is 0 Å². The standard InChI is InChI=1S/C25H23ClF3N5O2S/c1-36-14-19-13-33(7-6-30-19)24-32-23(35)22(37-24)9-15-2-5-21-17(8-15)11-31-34(21)12-16-3-4-18(26)10-20(16)25(27,28)29/h2-5,8-11,19,30H,6-7,12-14H2,1H3/t19-/m0/s1. The SMILES string of the molecule is COC[C@@H]1CN(C2=NC(=O)C(=Cc3ccc4c(cnn4Cc4ccc(Cl)cc4C(F)(F)F)c3)S2)CCN1. The number of benzene rings is 2. The lowest BCUT2D eigenvalue weighted by Crippen LogP contribution is -2.53. The first-order valence-electron chi connectivity index (χ1n) is 11.5. The minimum absolute atomic E-state index is 0.0253. The van der Waals surface area contributed by atoms with Crippen LogP contribution in [0.25, 0.3) is 17.0 Å². The lowest BCUT2D eigenvalue weighted by atomic mass is 10.1. The third-order valence-electron chi connectivity index (χ3n) is 6.16. The number of aromatic nitrogens is 2. The Hall–Kier alpha value is -2.86. The van der Waals surface area contributed by atoms with Crippen molar-refractivity contribution in [2.45, 2.75) is 18.8 Å². The number of aliphatic imine (C=N–C) groups is 1. The van der Waals surface area contributed by atoms with Crippen LogP contribution < -0.4 is 5.32 Å². The van der Waals surface area contributed by atoms with Gasteiger partial charge >= 0.3 is 6.18 Å². The van der Waals surface area contributed by atoms with E-state index in [0.29, 0.717) is 28.7 Å². The van der Waals surface area contributed by atoms with Gasteiger partial charge in [0.15, 0.2) is 5.17 Å². The lowest BCUT2D eigenvalue weighted by Gasteiger charge is -2.34. The Morgan fingerprint density at radius 3 is 2.89 bits per heavy atom. The molecule has 2 aromatic carbocycles. The Labute approximate surface area is 220 Å². The number of amidine groups is 1. The fourth-order valence-corrected chi connectivity index (χ4v) is 5.55. The monoisotopic (exact) mass is 549 g/mol. The molecule has 5 rings (SSSR count). The number of methoxy groups -OCH3 is 1. The van der Waals surface area contributed by atoms with Crippen molar-refractivity contribution in [1.82, 2.24) is 20.0 Å². The Bertz CT molecular complexity index is 1400. The van der Waals surface area contributed by atoms with Gasteiger partial charge in [-0.3, -0.25) is 9.48 Å². The molecule has 194 valence electrons. The molecular formula is C25H23ClF3N5O2S. The summed E-state index contributed by atoms with van der Waals surface area (Å²) in [5, 5.41) is 9.13. The number of hydrogen-bond acceptors (Lipinski definition) is 6. The summed E-state index contributed by atoms with van der Waals surface area (Å²) in [7, 11) is 1.66. The number of piperazine rings is 1. The van der Waals surface area contributed by atoms with Crippen molar-refractivity contribution in [1.29, 1.82) is 0 Å². The number of thioether (sulfide) groups is 1. The van der Waals surface area contributed by atoms with Crippen molar-refractivity contribution in [2.75, 3.05) is 33.4 Å². The van der Waals surface area contributed by atoms with Crippen molar-refractivity contribution < 1.29 is 22.7 Å². The van der Waals surface area contributed by atoms with Crippen LogP contribution in [0.5, 0.6) is 0 Å². The quantitative estimate of drug-likeness (QED) is 0.467. The number of nitrogens with zero attached hydrogens (tertiary/aromatic N) is 4. The summed E-state index contributed by atoms with van der Waals surface area (Å²) in [5.41, 5.74) is 0.749. The van der Waals surface area contributed by atoms with Gasteiger partial charge in [0.25, 0.3) is 5.91 Å². The smallest absolute Gasteiger partial charge is 0.383 e. The molecule has 0 bridgehead atoms. The van der Waals surface area contributed by atoms with Crippen molar-refractivity contribution in [3.8, 4) is 0 Å². The topological polar surface area (TPSA) is 71.8 Å². The second kappa shape index (κ2) is 10.5. The molecule has 2 aliphatic heterocycles. The molecule has 0 unspecified atom stereocenters. The molecule has 1 fully saturated rings. The van der Waals surface area contributed by atoms with Gasteiger partial charge < -0.3 is 15.0 Å². The average molecular weight is 550 g/mol. The van der Waals surface area contributed by atoms with E-state index in [0.717, 1.165) is 30.1 Å². The Morgan fingerprint density at radius 1 is 1.27 bits per heavy atom. The number of hydrogen-bond donors (Lipinski definition) is 1. The van der Waals surface area contributed by atoms with Gasteiger partial charge in [-0.05, 0) is 53.2 Å². The summed E-state index contributed by atoms with van der Waals surface area (Å²) < 4.78 is 47.3. The first-order valence-corrected chi connectivity index (χ1v) is 12.7. The highest BCUT2D eigenvalue weighted by Gasteiger charge is 2.34. The van der Waals surface area contributed by atoms with Gasteiger partial charge in [0.05, 0.1) is 35.3 Å². The van der Waals surface area contributed by atoms with Crippen LogP contribution in [0.4, 0.5) is 13.2 Å². The van der Waals surface area contributed by atoms with Crippen molar-refractivity contribution in [2.24, 2.45) is 4.99 Å². The summed E-state index contributed by atoms with van der Waals surface area (Å²) in [6.45, 7) is 2.75. The molecule has 1 atom stereocenters. The maximum absolute atomic E-state index is 13.5. The molecule has 2 aliphatic rings. The minimum atomic E-state index is -4.52. The molecule has 1 amide bonds. The molecule has 12 heteroatoms. The molecule has 7 nitrogen and oxygen atoms in total. The van der Waals surface area contributed by atoms with E-state index in [1.54, 1.807) is 25.4 Å². The Balaban J connectivity index is 1.33. The fourth-order valence-electron chi connectivity index (χ4n) is 4.43. The van der Waals surface area contributed by atoms with Gasteiger partial charge in [0.2, 0.25) is 0 Å². The van der Waals surface area contributed by atoms with E-state index >= 15 is 0 Å². The van der Waals surface area contributed by atoms with Crippen LogP contribution in [0.15, 0.2) is 52.5 Å². The average Bonchev–Trinajstić information content (AvgIpc) is 3.43. The first kappa shape index (κ1) is 25.8. The highest BCUT2D eigenvalue weighted by atomic mass is 35.5. The van der Waals surface area contributed by atoms with Gasteiger partial charge in [-0.1, -0.05) is 23.7 Å². The number of ether oxygens (including phenoxy) is 1. The van der Waals surface area contributed by atoms with Crippen LogP contribution in [0.3, 0.4) is 0 Å². The van der Waals surface area contributed by atoms with Crippen LogP contribution in [0.2, 0.25) is 5.02 Å². The molecule has 1 saturated heterocycles. The first-order chi connectivity index (χ1) is 17.7. The van der Waals surface area contributed by atoms with Crippen LogP contribution in [0.1, 0.15) is 16.7 Å². The van der Waals surface area contributed by atoms with Gasteiger partial charge in [0, 0.05) is 43.2 Å². The zero-order valence-electron chi connectivity index (χ0n) is 19.8. The number of rotatable bonds is 5. The molecule has 0 radical (unpaired) electrons. The zero-order valence-corrected chi connectivity index (χ0v) is 21.3. The predicted octanol–water partition coefficient (Wildman–Crippen LogP) is 4.65. The molecule has 0 saturated carbocycles. The highest BCUT2D eigenvalue weighted by molar-refractivity contribution is 8.18. The number of carbonyl (C=O) groups is 1. The second-order valence-electron chi connectivity index (χ2n) is 8.78. The van der Waals surface area contributed by atoms with Gasteiger partial charge in [-0.25, -0.2) is 0 Å². The van der Waals surface area contributed by atoms with Gasteiger partial charge in [-0.15, -0.1) is 0 Å². The van der Waals surface area contributed by atoms with Crippen LogP contribution >= 0.6 is 23.4 Å². The van der Waals surface area contributed by atoms with Crippen LogP contribution in [-0.4, -0.2) is 65.1 Å². The van der Waals surface area contributed by atoms with E-state index in [1.807, 2.05) is 12.1 Å². The van der Waals surface area contributed by atoms with E-state index in [2.05, 4.69) is 20.3 Å². The molecule has 1 N–H and O–H groups in total. The number of nitrogens with one attached hydrogen (secondary N) is 1. The van der Waals surface area contributed by atoms with Gasteiger partial charge in [0.1, 0.15) is 0 Å². The molecular weight excluding hydrogens is 527 g/mol. The van der Waals surface area contributed by atoms with Crippen LogP contribution in [0, 0.1) is 0 Å². The zero-order chi connectivity index (χ0) is 26.2. The molecule has 0 aliphatic carbocycles. The highest BCUT2D eigenvalue weighted by Crippen LogP contribution is 2.35. The number of alkyl halides is 3.